The van der Waals surface area contributed by atoms with E-state index in [2.05, 4.69) is 6.92 Å². The summed E-state index contributed by atoms with van der Waals surface area (Å²) in [6.45, 7) is 1.45. The molecule has 0 aliphatic heterocycles. The highest BCUT2D eigenvalue weighted by Crippen LogP contribution is 2.08. The van der Waals surface area contributed by atoms with Gasteiger partial charge in [-0.2, -0.15) is 0 Å². The summed E-state index contributed by atoms with van der Waals surface area (Å²) in [4.78, 5) is 11.4. The molecule has 0 amide bonds. The van der Waals surface area contributed by atoms with Crippen LogP contribution in [0.2, 0.25) is 0 Å². The van der Waals surface area contributed by atoms with E-state index >= 15 is 0 Å². The Kier molecular flexibility index (Phi) is 19.9. The third-order valence-electron chi connectivity index (χ3n) is 4.24. The molecule has 0 saturated heterocycles. The zero-order valence-electron chi connectivity index (χ0n) is 18.7. The predicted octanol–water partition coefficient (Wildman–Crippen LogP) is 3.53. The van der Waals surface area contributed by atoms with Crippen LogP contribution in [0.25, 0.3) is 0 Å². The standard InChI is InChI=1S/C25H40O6/c1-2-3-4-10-15-22(27)16-11-7-5-6-8-12-17-23(28)18-13-9-14-19-25(30)31-21-24(29)20-26/h3-4,6-8,10-12,15,17,22-24,26-29H,2,5,9,13-14,16,18-21H2,1H3/b4-3-,8-6-,11-7-,15-10+,17-12+. The summed E-state index contributed by atoms with van der Waals surface area (Å²) in [6, 6.07) is 0. The van der Waals surface area contributed by atoms with Gasteiger partial charge < -0.3 is 25.2 Å². The Balaban J connectivity index is 3.75. The van der Waals surface area contributed by atoms with Crippen LogP contribution in [0.3, 0.4) is 0 Å². The fraction of sp³-hybridized carbons (Fsp3) is 0.560. The van der Waals surface area contributed by atoms with E-state index in [4.69, 9.17) is 14.9 Å². The van der Waals surface area contributed by atoms with Gasteiger partial charge in [0.05, 0.1) is 18.8 Å². The summed E-state index contributed by atoms with van der Waals surface area (Å²) >= 11 is 0. The molecule has 0 fully saturated rings. The number of hydrogen-bond acceptors (Lipinski definition) is 6. The van der Waals surface area contributed by atoms with Gasteiger partial charge in [0.2, 0.25) is 0 Å². The van der Waals surface area contributed by atoms with Crippen molar-refractivity contribution in [3.63, 3.8) is 0 Å². The van der Waals surface area contributed by atoms with Crippen LogP contribution in [0.1, 0.15) is 58.3 Å². The normalized spacial score (nSPS) is 15.6. The highest BCUT2D eigenvalue weighted by atomic mass is 16.5. The van der Waals surface area contributed by atoms with Crippen LogP contribution in [0.5, 0.6) is 0 Å². The smallest absolute Gasteiger partial charge is 0.305 e. The second-order valence-corrected chi connectivity index (χ2v) is 7.23. The number of ether oxygens (including phenoxy) is 1. The Morgan fingerprint density at radius 2 is 1.58 bits per heavy atom. The maximum atomic E-state index is 11.4. The van der Waals surface area contributed by atoms with Gasteiger partial charge in [0, 0.05) is 6.42 Å². The minimum atomic E-state index is -1.02. The lowest BCUT2D eigenvalue weighted by Crippen LogP contribution is -2.21. The molecule has 4 N–H and O–H groups in total. The van der Waals surface area contributed by atoms with Crippen LogP contribution < -0.4 is 0 Å². The summed E-state index contributed by atoms with van der Waals surface area (Å²) in [5.41, 5.74) is 0. The number of rotatable bonds is 18. The zero-order valence-corrected chi connectivity index (χ0v) is 18.7. The van der Waals surface area contributed by atoms with Crippen LogP contribution in [-0.2, 0) is 9.53 Å². The molecule has 6 heteroatoms. The van der Waals surface area contributed by atoms with E-state index in [1.807, 2.05) is 48.6 Å². The summed E-state index contributed by atoms with van der Waals surface area (Å²) in [7, 11) is 0. The lowest BCUT2D eigenvalue weighted by atomic mass is 10.1. The average Bonchev–Trinajstić information content (AvgIpc) is 2.76. The van der Waals surface area contributed by atoms with Crippen molar-refractivity contribution in [2.75, 3.05) is 13.2 Å². The summed E-state index contributed by atoms with van der Waals surface area (Å²) in [5.74, 6) is -0.387. The number of carbonyl (C=O) groups excluding carboxylic acids is 1. The molecule has 0 radical (unpaired) electrons. The molecule has 31 heavy (non-hydrogen) atoms. The minimum Gasteiger partial charge on any atom is -0.463 e. The number of aliphatic hydroxyl groups excluding tert-OH is 4. The lowest BCUT2D eigenvalue weighted by Gasteiger charge is -2.08. The summed E-state index contributed by atoms with van der Waals surface area (Å²) < 4.78 is 4.82. The van der Waals surface area contributed by atoms with E-state index < -0.39 is 24.9 Å². The maximum absolute atomic E-state index is 11.4. The molecule has 0 aromatic heterocycles. The number of hydrogen-bond donors (Lipinski definition) is 4. The molecule has 3 atom stereocenters. The Hall–Kier alpha value is -1.99. The first-order valence-electron chi connectivity index (χ1n) is 11.1. The van der Waals surface area contributed by atoms with Crippen LogP contribution in [-0.4, -0.2) is 57.9 Å². The van der Waals surface area contributed by atoms with Crippen molar-refractivity contribution in [2.45, 2.75) is 76.6 Å². The van der Waals surface area contributed by atoms with Crippen molar-refractivity contribution in [3.05, 3.63) is 60.8 Å². The first-order valence-corrected chi connectivity index (χ1v) is 11.1. The second-order valence-electron chi connectivity index (χ2n) is 7.23. The number of allylic oxidation sites excluding steroid dienone is 7. The van der Waals surface area contributed by atoms with Crippen molar-refractivity contribution in [2.24, 2.45) is 0 Å². The molecule has 176 valence electrons. The Morgan fingerprint density at radius 3 is 2.29 bits per heavy atom. The predicted molar refractivity (Wildman–Crippen MR) is 124 cm³/mol. The van der Waals surface area contributed by atoms with Gasteiger partial charge in [0.15, 0.2) is 0 Å². The number of carbonyl (C=O) groups is 1. The lowest BCUT2D eigenvalue weighted by molar-refractivity contribution is -0.147. The molecule has 0 aliphatic carbocycles. The molecule has 3 unspecified atom stereocenters. The van der Waals surface area contributed by atoms with Gasteiger partial charge in [0.1, 0.15) is 12.7 Å². The Bertz CT molecular complexity index is 577. The zero-order chi connectivity index (χ0) is 23.2. The van der Waals surface area contributed by atoms with Crippen molar-refractivity contribution in [1.29, 1.82) is 0 Å². The van der Waals surface area contributed by atoms with Crippen molar-refractivity contribution in [1.82, 2.24) is 0 Å². The highest BCUT2D eigenvalue weighted by Gasteiger charge is 2.07. The van der Waals surface area contributed by atoms with Crippen molar-refractivity contribution >= 4 is 5.97 Å². The van der Waals surface area contributed by atoms with Crippen LogP contribution >= 0.6 is 0 Å². The van der Waals surface area contributed by atoms with Gasteiger partial charge in [-0.25, -0.2) is 0 Å². The summed E-state index contributed by atoms with van der Waals surface area (Å²) in [5, 5.41) is 37.4. The minimum absolute atomic E-state index is 0.182. The van der Waals surface area contributed by atoms with E-state index in [0.717, 1.165) is 25.7 Å². The molecule has 0 heterocycles. The SMILES string of the molecule is CC/C=C\C=C\C(O)C/C=C\C/C=C\C=C\C(O)CCCCCC(=O)OCC(O)CO. The molecule has 6 nitrogen and oxygen atoms in total. The van der Waals surface area contributed by atoms with Crippen molar-refractivity contribution < 1.29 is 30.0 Å². The molecule has 0 saturated carbocycles. The third-order valence-corrected chi connectivity index (χ3v) is 4.24. The first-order chi connectivity index (χ1) is 15.0. The van der Waals surface area contributed by atoms with Gasteiger partial charge in [0.25, 0.3) is 0 Å². The van der Waals surface area contributed by atoms with E-state index in [-0.39, 0.29) is 19.0 Å². The quantitative estimate of drug-likeness (QED) is 0.113. The van der Waals surface area contributed by atoms with Crippen LogP contribution in [0.15, 0.2) is 60.8 Å². The van der Waals surface area contributed by atoms with Gasteiger partial charge in [-0.3, -0.25) is 4.79 Å². The first kappa shape index (κ1) is 29.0. The van der Waals surface area contributed by atoms with E-state index in [1.54, 1.807) is 12.2 Å². The van der Waals surface area contributed by atoms with Crippen LogP contribution in [0.4, 0.5) is 0 Å². The Morgan fingerprint density at radius 1 is 0.871 bits per heavy atom. The van der Waals surface area contributed by atoms with Gasteiger partial charge in [-0.05, 0) is 32.1 Å². The number of unbranched alkanes of at least 4 members (excludes halogenated alkanes) is 2. The second kappa shape index (κ2) is 21.2. The molecule has 0 aromatic rings. The van der Waals surface area contributed by atoms with Crippen LogP contribution in [0, 0.1) is 0 Å². The molecule has 0 bridgehead atoms. The number of aliphatic hydroxyl groups is 4. The van der Waals surface area contributed by atoms with E-state index in [0.29, 0.717) is 19.3 Å². The maximum Gasteiger partial charge on any atom is 0.305 e. The Labute approximate surface area is 187 Å². The summed E-state index contributed by atoms with van der Waals surface area (Å²) in [6.07, 6.45) is 22.4. The van der Waals surface area contributed by atoms with Gasteiger partial charge >= 0.3 is 5.97 Å². The monoisotopic (exact) mass is 436 g/mol. The largest absolute Gasteiger partial charge is 0.463 e. The van der Waals surface area contributed by atoms with Gasteiger partial charge in [-0.15, -0.1) is 0 Å². The fourth-order valence-corrected chi connectivity index (χ4v) is 2.46. The number of esters is 1. The molecular weight excluding hydrogens is 396 g/mol. The van der Waals surface area contributed by atoms with E-state index in [9.17, 15) is 15.0 Å². The van der Waals surface area contributed by atoms with E-state index in [1.165, 1.54) is 0 Å². The molecule has 0 aliphatic rings. The topological polar surface area (TPSA) is 107 Å². The molecule has 0 spiro atoms. The highest BCUT2D eigenvalue weighted by molar-refractivity contribution is 5.69. The molecule has 0 aromatic carbocycles. The fourth-order valence-electron chi connectivity index (χ4n) is 2.46. The molecule has 0 rings (SSSR count). The average molecular weight is 437 g/mol. The molecular formula is C25H40O6. The van der Waals surface area contributed by atoms with Gasteiger partial charge in [-0.1, -0.05) is 80.5 Å². The third kappa shape index (κ3) is 21.0. The van der Waals surface area contributed by atoms with Crippen molar-refractivity contribution in [3.8, 4) is 0 Å².